The fraction of sp³-hybridized carbons (Fsp3) is 0.429. The number of ketones is 1. The van der Waals surface area contributed by atoms with E-state index in [1.54, 1.807) is 23.1 Å². The van der Waals surface area contributed by atoms with Crippen LogP contribution in [-0.2, 0) is 9.59 Å². The molecule has 0 bridgehead atoms. The number of benzene rings is 2. The Balaban J connectivity index is 1.75. The largest absolute Gasteiger partial charge is 0.507 e. The number of fused-ring (bicyclic) bond motifs is 1. The summed E-state index contributed by atoms with van der Waals surface area (Å²) in [6.07, 6.45) is 0.709. The Kier molecular flexibility index (Phi) is 8.15. The Bertz CT molecular complexity index is 1140. The Morgan fingerprint density at radius 3 is 2.53 bits per heavy atom. The van der Waals surface area contributed by atoms with E-state index < -0.39 is 17.7 Å². The molecule has 8 nitrogen and oxygen atoms in total. The molecule has 0 unspecified atom stereocenters. The van der Waals surface area contributed by atoms with Gasteiger partial charge >= 0.3 is 0 Å². The molecule has 0 spiro atoms. The number of rotatable bonds is 10. The predicted molar refractivity (Wildman–Crippen MR) is 136 cm³/mol. The molecule has 0 aliphatic carbocycles. The van der Waals surface area contributed by atoms with Gasteiger partial charge in [-0.25, -0.2) is 0 Å². The molecule has 192 valence electrons. The molecule has 1 amide bonds. The molecule has 1 fully saturated rings. The third kappa shape index (κ3) is 5.18. The summed E-state index contributed by atoms with van der Waals surface area (Å²) in [5.74, 6) is 0.174. The minimum absolute atomic E-state index is 0.0631. The van der Waals surface area contributed by atoms with Crippen LogP contribution in [0.2, 0.25) is 0 Å². The third-order valence-electron chi connectivity index (χ3n) is 6.61. The Morgan fingerprint density at radius 1 is 1.06 bits per heavy atom. The van der Waals surface area contributed by atoms with Crippen LogP contribution in [0, 0.1) is 0 Å². The van der Waals surface area contributed by atoms with Crippen molar-refractivity contribution in [3.05, 3.63) is 59.2 Å². The molecular weight excluding hydrogens is 460 g/mol. The van der Waals surface area contributed by atoms with E-state index in [4.69, 9.17) is 14.2 Å². The van der Waals surface area contributed by atoms with Crippen LogP contribution in [0.15, 0.2) is 48.0 Å². The number of likely N-dealkylation sites (tertiary alicyclic amines) is 1. The minimum atomic E-state index is -0.727. The fourth-order valence-electron chi connectivity index (χ4n) is 4.75. The summed E-state index contributed by atoms with van der Waals surface area (Å²) < 4.78 is 16.9. The van der Waals surface area contributed by atoms with Crippen molar-refractivity contribution in [1.82, 2.24) is 9.80 Å². The van der Waals surface area contributed by atoms with Crippen LogP contribution >= 0.6 is 0 Å². The average molecular weight is 495 g/mol. The van der Waals surface area contributed by atoms with Crippen LogP contribution in [-0.4, -0.2) is 72.6 Å². The van der Waals surface area contributed by atoms with Crippen molar-refractivity contribution in [3.8, 4) is 17.2 Å². The van der Waals surface area contributed by atoms with E-state index in [9.17, 15) is 14.7 Å². The molecule has 8 heteroatoms. The molecule has 1 saturated heterocycles. The van der Waals surface area contributed by atoms with Crippen LogP contribution in [0.5, 0.6) is 17.2 Å². The molecular formula is C28H34N2O6. The second-order valence-electron chi connectivity index (χ2n) is 8.74. The molecule has 1 atom stereocenters. The maximum absolute atomic E-state index is 13.3. The monoisotopic (exact) mass is 494 g/mol. The highest BCUT2D eigenvalue weighted by atomic mass is 16.6. The lowest BCUT2D eigenvalue weighted by atomic mass is 9.95. The van der Waals surface area contributed by atoms with Gasteiger partial charge in [-0.15, -0.1) is 0 Å². The number of amides is 1. The number of aliphatic hydroxyl groups excluding tert-OH is 1. The molecule has 0 aromatic heterocycles. The van der Waals surface area contributed by atoms with E-state index in [-0.39, 0.29) is 11.3 Å². The lowest BCUT2D eigenvalue weighted by molar-refractivity contribution is -0.140. The number of Topliss-reactive ketones (excluding diaryl/α,β-unsaturated/α-hetero) is 1. The maximum Gasteiger partial charge on any atom is 0.295 e. The van der Waals surface area contributed by atoms with E-state index in [0.717, 1.165) is 19.6 Å². The van der Waals surface area contributed by atoms with Gasteiger partial charge in [-0.2, -0.15) is 0 Å². The molecule has 2 aromatic carbocycles. The van der Waals surface area contributed by atoms with E-state index in [1.807, 2.05) is 31.2 Å². The van der Waals surface area contributed by atoms with Gasteiger partial charge in [0.1, 0.15) is 24.7 Å². The zero-order valence-electron chi connectivity index (χ0n) is 21.2. The number of nitrogens with zero attached hydrogens (tertiary/aromatic N) is 2. The quantitative estimate of drug-likeness (QED) is 0.303. The van der Waals surface area contributed by atoms with Crippen LogP contribution < -0.4 is 14.2 Å². The predicted octanol–water partition coefficient (Wildman–Crippen LogP) is 4.01. The van der Waals surface area contributed by atoms with Gasteiger partial charge in [0.15, 0.2) is 11.5 Å². The number of hydrogen-bond donors (Lipinski definition) is 1. The normalized spacial score (nSPS) is 18.7. The lowest BCUT2D eigenvalue weighted by Gasteiger charge is -2.27. The first-order valence-corrected chi connectivity index (χ1v) is 12.6. The van der Waals surface area contributed by atoms with Crippen LogP contribution in [0.25, 0.3) is 5.76 Å². The first kappa shape index (κ1) is 25.6. The molecule has 2 aromatic rings. The van der Waals surface area contributed by atoms with Gasteiger partial charge in [0.25, 0.3) is 11.7 Å². The Hall–Kier alpha value is -3.52. The number of aliphatic hydroxyl groups is 1. The summed E-state index contributed by atoms with van der Waals surface area (Å²) in [5, 5.41) is 11.4. The van der Waals surface area contributed by atoms with Gasteiger partial charge in [-0.3, -0.25) is 9.59 Å². The molecule has 2 aliphatic heterocycles. The summed E-state index contributed by atoms with van der Waals surface area (Å²) >= 11 is 0. The molecule has 1 N–H and O–H groups in total. The van der Waals surface area contributed by atoms with E-state index in [1.165, 1.54) is 0 Å². The van der Waals surface area contributed by atoms with Crippen LogP contribution in [0.1, 0.15) is 44.4 Å². The van der Waals surface area contributed by atoms with Crippen molar-refractivity contribution in [3.63, 3.8) is 0 Å². The van der Waals surface area contributed by atoms with Gasteiger partial charge in [-0.05, 0) is 68.9 Å². The van der Waals surface area contributed by atoms with Crippen LogP contribution in [0.4, 0.5) is 0 Å². The van der Waals surface area contributed by atoms with Gasteiger partial charge in [0.2, 0.25) is 0 Å². The highest BCUT2D eigenvalue weighted by molar-refractivity contribution is 6.46. The second-order valence-corrected chi connectivity index (χ2v) is 8.74. The van der Waals surface area contributed by atoms with Gasteiger partial charge in [-0.1, -0.05) is 26.0 Å². The number of carbonyl (C=O) groups excluding carboxylic acids is 2. The zero-order chi connectivity index (χ0) is 25.7. The zero-order valence-corrected chi connectivity index (χ0v) is 21.2. The lowest BCUT2D eigenvalue weighted by Crippen LogP contribution is -2.33. The Labute approximate surface area is 212 Å². The van der Waals surface area contributed by atoms with Crippen LogP contribution in [0.3, 0.4) is 0 Å². The number of carbonyl (C=O) groups is 2. The molecule has 36 heavy (non-hydrogen) atoms. The topological polar surface area (TPSA) is 88.5 Å². The average Bonchev–Trinajstić information content (AvgIpc) is 3.16. The van der Waals surface area contributed by atoms with Crippen molar-refractivity contribution in [1.29, 1.82) is 0 Å². The minimum Gasteiger partial charge on any atom is -0.507 e. The number of ether oxygens (including phenoxy) is 3. The third-order valence-corrected chi connectivity index (χ3v) is 6.61. The van der Waals surface area contributed by atoms with Gasteiger partial charge in [0.05, 0.1) is 18.2 Å². The van der Waals surface area contributed by atoms with E-state index in [0.29, 0.717) is 61.2 Å². The van der Waals surface area contributed by atoms with Crippen molar-refractivity contribution in [2.45, 2.75) is 33.2 Å². The summed E-state index contributed by atoms with van der Waals surface area (Å²) in [6.45, 7) is 10.5. The number of hydrogen-bond acceptors (Lipinski definition) is 7. The first-order chi connectivity index (χ1) is 17.5. The van der Waals surface area contributed by atoms with Crippen molar-refractivity contribution < 1.29 is 28.9 Å². The smallest absolute Gasteiger partial charge is 0.295 e. The summed E-state index contributed by atoms with van der Waals surface area (Å²) in [7, 11) is 0. The molecule has 2 heterocycles. The highest BCUT2D eigenvalue weighted by Gasteiger charge is 2.46. The molecule has 4 rings (SSSR count). The standard InChI is InChI=1S/C28H34N2O6/c1-4-29(5-2)13-8-14-30-25(19-9-7-10-21(17-19)34-6-3)24(27(32)28(30)33)26(31)20-11-12-22-23(18-20)36-16-15-35-22/h7,9-12,17-18,25,31H,4-6,8,13-16H2,1-3H3/b26-24+/t25-/m0/s1. The molecule has 0 radical (unpaired) electrons. The highest BCUT2D eigenvalue weighted by Crippen LogP contribution is 2.41. The Morgan fingerprint density at radius 2 is 1.81 bits per heavy atom. The van der Waals surface area contributed by atoms with Gasteiger partial charge in [0, 0.05) is 12.1 Å². The van der Waals surface area contributed by atoms with E-state index in [2.05, 4.69) is 18.7 Å². The van der Waals surface area contributed by atoms with Crippen molar-refractivity contribution >= 4 is 17.4 Å². The maximum atomic E-state index is 13.3. The second kappa shape index (κ2) is 11.5. The first-order valence-electron chi connectivity index (χ1n) is 12.6. The summed E-state index contributed by atoms with van der Waals surface area (Å²) in [5.41, 5.74) is 1.17. The van der Waals surface area contributed by atoms with Crippen molar-refractivity contribution in [2.75, 3.05) is 46.0 Å². The molecule has 0 saturated carbocycles. The van der Waals surface area contributed by atoms with E-state index >= 15 is 0 Å². The van der Waals surface area contributed by atoms with Crippen molar-refractivity contribution in [2.24, 2.45) is 0 Å². The SMILES string of the molecule is CCOc1cccc([C@H]2/C(=C(\O)c3ccc4c(c3)OCCO4)C(=O)C(=O)N2CCCN(CC)CC)c1. The summed E-state index contributed by atoms with van der Waals surface area (Å²) in [4.78, 5) is 30.4. The van der Waals surface area contributed by atoms with Gasteiger partial charge < -0.3 is 29.1 Å². The fourth-order valence-corrected chi connectivity index (χ4v) is 4.75. The summed E-state index contributed by atoms with van der Waals surface area (Å²) in [6, 6.07) is 11.6. The molecule has 2 aliphatic rings.